The molecule has 184 valence electrons. The minimum atomic E-state index is -0.472. The quantitative estimate of drug-likeness (QED) is 0.445. The Morgan fingerprint density at radius 1 is 1.24 bits per heavy atom. The number of ether oxygens (including phenoxy) is 1. The SMILES string of the molecule is COC(C)(C)CCC(=O)c1nc[nH]c1C(=O)NC1CCC(C(=O)Nc2ccc(F)cc2Cl)CC1. The first kappa shape index (κ1) is 25.8. The third kappa shape index (κ3) is 6.64. The summed E-state index contributed by atoms with van der Waals surface area (Å²) in [7, 11) is 1.59. The van der Waals surface area contributed by atoms with Crippen molar-refractivity contribution in [2.24, 2.45) is 5.92 Å². The lowest BCUT2D eigenvalue weighted by Gasteiger charge is -2.28. The van der Waals surface area contributed by atoms with E-state index in [1.54, 1.807) is 7.11 Å². The Labute approximate surface area is 203 Å². The zero-order valence-corrected chi connectivity index (χ0v) is 20.3. The molecule has 0 spiro atoms. The van der Waals surface area contributed by atoms with Crippen molar-refractivity contribution in [1.82, 2.24) is 15.3 Å². The van der Waals surface area contributed by atoms with Crippen LogP contribution in [0, 0.1) is 11.7 Å². The first-order valence-corrected chi connectivity index (χ1v) is 11.7. The van der Waals surface area contributed by atoms with Crippen LogP contribution in [0.5, 0.6) is 0 Å². The lowest BCUT2D eigenvalue weighted by molar-refractivity contribution is -0.120. The maximum Gasteiger partial charge on any atom is 0.270 e. The molecule has 0 radical (unpaired) electrons. The van der Waals surface area contributed by atoms with Gasteiger partial charge in [-0.25, -0.2) is 9.37 Å². The third-order valence-electron chi connectivity index (χ3n) is 6.26. The Hall–Kier alpha value is -2.78. The van der Waals surface area contributed by atoms with Crippen LogP contribution < -0.4 is 10.6 Å². The van der Waals surface area contributed by atoms with Gasteiger partial charge in [-0.2, -0.15) is 0 Å². The summed E-state index contributed by atoms with van der Waals surface area (Å²) < 4.78 is 18.5. The van der Waals surface area contributed by atoms with E-state index in [4.69, 9.17) is 16.3 Å². The second-order valence-corrected chi connectivity index (χ2v) is 9.56. The van der Waals surface area contributed by atoms with Crippen LogP contribution in [0.4, 0.5) is 10.1 Å². The fourth-order valence-corrected chi connectivity index (χ4v) is 4.11. The third-order valence-corrected chi connectivity index (χ3v) is 6.57. The number of imidazole rings is 1. The molecule has 2 aromatic rings. The van der Waals surface area contributed by atoms with Crippen LogP contribution in [-0.4, -0.2) is 46.3 Å². The monoisotopic (exact) mass is 492 g/mol. The number of halogens is 2. The molecule has 10 heteroatoms. The fraction of sp³-hybridized carbons (Fsp3) is 0.500. The summed E-state index contributed by atoms with van der Waals surface area (Å²) in [6, 6.07) is 3.70. The predicted octanol–water partition coefficient (Wildman–Crippen LogP) is 4.52. The number of aromatic amines is 1. The second-order valence-electron chi connectivity index (χ2n) is 9.15. The number of anilines is 1. The molecule has 1 saturated carbocycles. The first-order valence-electron chi connectivity index (χ1n) is 11.3. The van der Waals surface area contributed by atoms with E-state index in [1.807, 2.05) is 13.8 Å². The number of hydrogen-bond donors (Lipinski definition) is 3. The Morgan fingerprint density at radius 3 is 2.59 bits per heavy atom. The van der Waals surface area contributed by atoms with Gasteiger partial charge in [-0.05, 0) is 64.2 Å². The molecule has 1 aliphatic rings. The van der Waals surface area contributed by atoms with Gasteiger partial charge in [0, 0.05) is 25.5 Å². The number of carbonyl (C=O) groups is 3. The van der Waals surface area contributed by atoms with Crippen LogP contribution in [0.3, 0.4) is 0 Å². The molecule has 8 nitrogen and oxygen atoms in total. The Morgan fingerprint density at radius 2 is 1.94 bits per heavy atom. The summed E-state index contributed by atoms with van der Waals surface area (Å²) >= 11 is 5.99. The minimum Gasteiger partial charge on any atom is -0.379 e. The number of H-pyrrole nitrogens is 1. The number of rotatable bonds is 9. The van der Waals surface area contributed by atoms with E-state index in [0.29, 0.717) is 37.8 Å². The summed E-state index contributed by atoms with van der Waals surface area (Å²) in [4.78, 5) is 44.8. The van der Waals surface area contributed by atoms with Crippen molar-refractivity contribution >= 4 is 34.9 Å². The van der Waals surface area contributed by atoms with Crippen molar-refractivity contribution < 1.29 is 23.5 Å². The molecule has 1 fully saturated rings. The van der Waals surface area contributed by atoms with Crippen molar-refractivity contribution in [2.75, 3.05) is 12.4 Å². The van der Waals surface area contributed by atoms with Gasteiger partial charge in [-0.3, -0.25) is 14.4 Å². The van der Waals surface area contributed by atoms with E-state index >= 15 is 0 Å². The Balaban J connectivity index is 1.51. The average molecular weight is 493 g/mol. The number of ketones is 1. The zero-order valence-electron chi connectivity index (χ0n) is 19.5. The van der Waals surface area contributed by atoms with E-state index < -0.39 is 17.3 Å². The van der Waals surface area contributed by atoms with E-state index in [-0.39, 0.29) is 46.5 Å². The summed E-state index contributed by atoms with van der Waals surface area (Å²) in [5.41, 5.74) is 0.190. The maximum atomic E-state index is 13.2. The smallest absolute Gasteiger partial charge is 0.270 e. The summed E-state index contributed by atoms with van der Waals surface area (Å²) in [5.74, 6) is -1.50. The minimum absolute atomic E-state index is 0.119. The van der Waals surface area contributed by atoms with E-state index in [0.717, 1.165) is 6.07 Å². The Kier molecular flexibility index (Phi) is 8.43. The number of carbonyl (C=O) groups excluding carboxylic acids is 3. The fourth-order valence-electron chi connectivity index (χ4n) is 3.90. The standard InChI is InChI=1S/C24H30ClFN4O4/c1-24(2,34-3)11-10-19(31)20-21(28-13-27-20)23(33)29-16-7-4-14(5-8-16)22(32)30-18-9-6-15(26)12-17(18)25/h6,9,12-14,16H,4-5,7-8,10-11H2,1-3H3,(H,27,28)(H,29,33)(H,30,32). The molecule has 0 saturated heterocycles. The molecule has 0 atom stereocenters. The van der Waals surface area contributed by atoms with Crippen LogP contribution in [-0.2, 0) is 9.53 Å². The highest BCUT2D eigenvalue weighted by Crippen LogP contribution is 2.28. The van der Waals surface area contributed by atoms with Gasteiger partial charge in [-0.15, -0.1) is 0 Å². The van der Waals surface area contributed by atoms with Crippen molar-refractivity contribution in [3.8, 4) is 0 Å². The first-order chi connectivity index (χ1) is 16.1. The van der Waals surface area contributed by atoms with Crippen LogP contribution >= 0.6 is 11.6 Å². The highest BCUT2D eigenvalue weighted by Gasteiger charge is 2.29. The molecule has 3 N–H and O–H groups in total. The highest BCUT2D eigenvalue weighted by atomic mass is 35.5. The molecule has 1 aliphatic carbocycles. The summed E-state index contributed by atoms with van der Waals surface area (Å²) in [5, 5.41) is 5.83. The summed E-state index contributed by atoms with van der Waals surface area (Å²) in [6.07, 6.45) is 4.44. The molecule has 1 aromatic carbocycles. The lowest BCUT2D eigenvalue weighted by atomic mass is 9.85. The second kappa shape index (κ2) is 11.1. The van der Waals surface area contributed by atoms with Crippen molar-refractivity contribution in [2.45, 2.75) is 64.0 Å². The number of amides is 2. The molecule has 34 heavy (non-hydrogen) atoms. The number of hydrogen-bond acceptors (Lipinski definition) is 5. The van der Waals surface area contributed by atoms with Gasteiger partial charge >= 0.3 is 0 Å². The summed E-state index contributed by atoms with van der Waals surface area (Å²) in [6.45, 7) is 3.78. The van der Waals surface area contributed by atoms with Gasteiger partial charge in [0.15, 0.2) is 5.78 Å². The van der Waals surface area contributed by atoms with Gasteiger partial charge in [0.25, 0.3) is 5.91 Å². The number of methoxy groups -OCH3 is 1. The molecule has 1 heterocycles. The van der Waals surface area contributed by atoms with Crippen molar-refractivity contribution in [3.63, 3.8) is 0 Å². The lowest BCUT2D eigenvalue weighted by Crippen LogP contribution is -2.40. The van der Waals surface area contributed by atoms with Gasteiger partial charge in [-0.1, -0.05) is 11.6 Å². The molecule has 1 aromatic heterocycles. The molecular weight excluding hydrogens is 463 g/mol. The van der Waals surface area contributed by atoms with Gasteiger partial charge in [0.1, 0.15) is 17.2 Å². The van der Waals surface area contributed by atoms with E-state index in [2.05, 4.69) is 20.6 Å². The van der Waals surface area contributed by atoms with Crippen LogP contribution in [0.1, 0.15) is 73.3 Å². The van der Waals surface area contributed by atoms with Crippen molar-refractivity contribution in [3.05, 3.63) is 46.8 Å². The number of benzene rings is 1. The molecule has 0 unspecified atom stereocenters. The normalized spacial score (nSPS) is 18.4. The number of nitrogens with zero attached hydrogens (tertiary/aromatic N) is 1. The maximum absolute atomic E-state index is 13.2. The molecule has 2 amide bonds. The average Bonchev–Trinajstić information content (AvgIpc) is 3.30. The number of aromatic nitrogens is 2. The topological polar surface area (TPSA) is 113 Å². The van der Waals surface area contributed by atoms with E-state index in [9.17, 15) is 18.8 Å². The van der Waals surface area contributed by atoms with Crippen LogP contribution in [0.15, 0.2) is 24.5 Å². The molecule has 0 bridgehead atoms. The molecular formula is C24H30ClFN4O4. The number of nitrogens with one attached hydrogen (secondary N) is 3. The molecule has 0 aliphatic heterocycles. The zero-order chi connectivity index (χ0) is 24.9. The molecule has 3 rings (SSSR count). The van der Waals surface area contributed by atoms with Gasteiger partial charge in [0.2, 0.25) is 5.91 Å². The van der Waals surface area contributed by atoms with Crippen LogP contribution in [0.2, 0.25) is 5.02 Å². The largest absolute Gasteiger partial charge is 0.379 e. The Bertz CT molecular complexity index is 1050. The highest BCUT2D eigenvalue weighted by molar-refractivity contribution is 6.33. The van der Waals surface area contributed by atoms with Gasteiger partial charge in [0.05, 0.1) is 22.6 Å². The number of Topliss-reactive ketones (excluding diaryl/α,β-unsaturated/α-hetero) is 1. The predicted molar refractivity (Wildman–Crippen MR) is 126 cm³/mol. The van der Waals surface area contributed by atoms with Gasteiger partial charge < -0.3 is 20.4 Å². The van der Waals surface area contributed by atoms with Crippen LogP contribution in [0.25, 0.3) is 0 Å². The van der Waals surface area contributed by atoms with Crippen molar-refractivity contribution in [1.29, 1.82) is 0 Å². The van der Waals surface area contributed by atoms with E-state index in [1.165, 1.54) is 18.5 Å².